The molecular formula is C14H16O3. The Morgan fingerprint density at radius 3 is 2.41 bits per heavy atom. The molecule has 0 aromatic heterocycles. The van der Waals surface area contributed by atoms with E-state index in [2.05, 4.69) is 0 Å². The van der Waals surface area contributed by atoms with Crippen LogP contribution < -0.4 is 0 Å². The molecule has 1 aromatic carbocycles. The van der Waals surface area contributed by atoms with Gasteiger partial charge in [-0.05, 0) is 49.4 Å². The molecule has 0 bridgehead atoms. The maximum atomic E-state index is 11.1. The van der Waals surface area contributed by atoms with Crippen LogP contribution in [0.2, 0.25) is 0 Å². The number of carboxylic acids is 1. The Labute approximate surface area is 100 Å². The van der Waals surface area contributed by atoms with E-state index in [1.807, 2.05) is 26.0 Å². The molecule has 1 N–H and O–H groups in total. The maximum absolute atomic E-state index is 11.1. The van der Waals surface area contributed by atoms with Crippen molar-refractivity contribution >= 4 is 12.3 Å². The molecule has 0 spiro atoms. The number of benzene rings is 1. The van der Waals surface area contributed by atoms with Gasteiger partial charge < -0.3 is 5.11 Å². The van der Waals surface area contributed by atoms with Gasteiger partial charge in [0.15, 0.2) is 0 Å². The van der Waals surface area contributed by atoms with E-state index in [1.54, 1.807) is 0 Å². The number of rotatable bonds is 4. The first-order valence-electron chi connectivity index (χ1n) is 5.77. The van der Waals surface area contributed by atoms with Gasteiger partial charge >= 0.3 is 5.97 Å². The van der Waals surface area contributed by atoms with Gasteiger partial charge in [0.25, 0.3) is 0 Å². The summed E-state index contributed by atoms with van der Waals surface area (Å²) in [6, 6.07) is 3.84. The second-order valence-corrected chi connectivity index (χ2v) is 4.99. The molecule has 0 heterocycles. The molecule has 0 unspecified atom stereocenters. The van der Waals surface area contributed by atoms with E-state index in [4.69, 9.17) is 5.11 Å². The Hall–Kier alpha value is -1.64. The van der Waals surface area contributed by atoms with Crippen molar-refractivity contribution in [2.24, 2.45) is 0 Å². The summed E-state index contributed by atoms with van der Waals surface area (Å²) in [5.41, 5.74) is 3.45. The Morgan fingerprint density at radius 2 is 1.94 bits per heavy atom. The lowest BCUT2D eigenvalue weighted by Crippen LogP contribution is -2.15. The fourth-order valence-electron chi connectivity index (χ4n) is 2.38. The Bertz CT molecular complexity index is 484. The number of aliphatic carboxylic acids is 1. The van der Waals surface area contributed by atoms with Crippen LogP contribution in [0.5, 0.6) is 0 Å². The third kappa shape index (κ3) is 2.09. The largest absolute Gasteiger partial charge is 0.481 e. The molecule has 0 amide bonds. The van der Waals surface area contributed by atoms with Gasteiger partial charge in [-0.15, -0.1) is 0 Å². The summed E-state index contributed by atoms with van der Waals surface area (Å²) in [4.78, 5) is 22.0. The molecule has 17 heavy (non-hydrogen) atoms. The summed E-state index contributed by atoms with van der Waals surface area (Å²) < 4.78 is 0. The number of hydrogen-bond acceptors (Lipinski definition) is 2. The first-order valence-corrected chi connectivity index (χ1v) is 5.77. The molecule has 0 aliphatic heterocycles. The molecule has 1 aliphatic carbocycles. The average molecular weight is 232 g/mol. The minimum atomic E-state index is -0.794. The molecular weight excluding hydrogens is 216 g/mol. The fourth-order valence-corrected chi connectivity index (χ4v) is 2.38. The van der Waals surface area contributed by atoms with E-state index in [1.165, 1.54) is 0 Å². The van der Waals surface area contributed by atoms with Gasteiger partial charge in [0.05, 0.1) is 6.42 Å². The van der Waals surface area contributed by atoms with E-state index in [0.717, 1.165) is 35.8 Å². The van der Waals surface area contributed by atoms with Crippen LogP contribution in [0.4, 0.5) is 0 Å². The average Bonchev–Trinajstić information content (AvgIpc) is 3.01. The molecule has 90 valence electrons. The van der Waals surface area contributed by atoms with Gasteiger partial charge in [0.1, 0.15) is 6.29 Å². The van der Waals surface area contributed by atoms with E-state index in [9.17, 15) is 9.59 Å². The molecule has 1 saturated carbocycles. The smallest absolute Gasteiger partial charge is 0.304 e. The van der Waals surface area contributed by atoms with Crippen molar-refractivity contribution in [1.82, 2.24) is 0 Å². The van der Waals surface area contributed by atoms with Gasteiger partial charge in [0.2, 0.25) is 0 Å². The number of carboxylic acid groups (broad SMARTS) is 1. The van der Waals surface area contributed by atoms with E-state index >= 15 is 0 Å². The Morgan fingerprint density at radius 1 is 1.35 bits per heavy atom. The zero-order valence-corrected chi connectivity index (χ0v) is 10.1. The second kappa shape index (κ2) is 3.99. The summed E-state index contributed by atoms with van der Waals surface area (Å²) in [7, 11) is 0. The molecule has 0 radical (unpaired) electrons. The lowest BCUT2D eigenvalue weighted by Gasteiger charge is -2.17. The van der Waals surface area contributed by atoms with Crippen molar-refractivity contribution in [1.29, 1.82) is 0 Å². The van der Waals surface area contributed by atoms with Crippen LogP contribution in [0.25, 0.3) is 0 Å². The standard InChI is InChI=1S/C14H16O3/c1-9-5-11(8-15)12(6-10(9)2)14(3-4-14)7-13(16)17/h5-6,8H,3-4,7H2,1-2H3,(H,16,17). The fraction of sp³-hybridized carbons (Fsp3) is 0.429. The number of carbonyl (C=O) groups excluding carboxylic acids is 1. The first kappa shape index (κ1) is 11.8. The van der Waals surface area contributed by atoms with E-state index < -0.39 is 5.97 Å². The van der Waals surface area contributed by atoms with Crippen molar-refractivity contribution < 1.29 is 14.7 Å². The Balaban J connectivity index is 2.48. The van der Waals surface area contributed by atoms with Crippen molar-refractivity contribution in [2.45, 2.75) is 38.5 Å². The molecule has 0 saturated heterocycles. The van der Waals surface area contributed by atoms with Gasteiger partial charge in [-0.1, -0.05) is 6.07 Å². The van der Waals surface area contributed by atoms with Gasteiger partial charge in [-0.2, -0.15) is 0 Å². The van der Waals surface area contributed by atoms with Gasteiger partial charge in [-0.25, -0.2) is 0 Å². The first-order chi connectivity index (χ1) is 7.98. The third-order valence-electron chi connectivity index (χ3n) is 3.71. The predicted molar refractivity (Wildman–Crippen MR) is 64.5 cm³/mol. The molecule has 3 nitrogen and oxygen atoms in total. The van der Waals surface area contributed by atoms with Crippen molar-refractivity contribution in [3.63, 3.8) is 0 Å². The van der Waals surface area contributed by atoms with Crippen LogP contribution in [-0.2, 0) is 10.2 Å². The maximum Gasteiger partial charge on any atom is 0.304 e. The SMILES string of the molecule is Cc1cc(C=O)c(C2(CC(=O)O)CC2)cc1C. The van der Waals surface area contributed by atoms with Crippen molar-refractivity contribution in [2.75, 3.05) is 0 Å². The van der Waals surface area contributed by atoms with Crippen molar-refractivity contribution in [3.8, 4) is 0 Å². The quantitative estimate of drug-likeness (QED) is 0.812. The Kier molecular flexibility index (Phi) is 2.77. The number of aldehydes is 1. The number of hydrogen-bond donors (Lipinski definition) is 1. The normalized spacial score (nSPS) is 16.6. The highest BCUT2D eigenvalue weighted by Gasteiger charge is 2.47. The number of aryl methyl sites for hydroxylation is 2. The zero-order valence-electron chi connectivity index (χ0n) is 10.1. The molecule has 1 fully saturated rings. The van der Waals surface area contributed by atoms with Crippen LogP contribution in [0.3, 0.4) is 0 Å². The topological polar surface area (TPSA) is 54.4 Å². The molecule has 2 rings (SSSR count). The monoisotopic (exact) mass is 232 g/mol. The highest BCUT2D eigenvalue weighted by atomic mass is 16.4. The summed E-state index contributed by atoms with van der Waals surface area (Å²) in [6.45, 7) is 3.95. The summed E-state index contributed by atoms with van der Waals surface area (Å²) in [6.07, 6.45) is 2.69. The van der Waals surface area contributed by atoms with Crippen LogP contribution in [-0.4, -0.2) is 17.4 Å². The molecule has 1 aliphatic rings. The molecule has 3 heteroatoms. The van der Waals surface area contributed by atoms with Crippen molar-refractivity contribution in [3.05, 3.63) is 34.4 Å². The summed E-state index contributed by atoms with van der Waals surface area (Å²) >= 11 is 0. The lowest BCUT2D eigenvalue weighted by molar-refractivity contribution is -0.137. The zero-order chi connectivity index (χ0) is 12.6. The second-order valence-electron chi connectivity index (χ2n) is 4.99. The minimum Gasteiger partial charge on any atom is -0.481 e. The minimum absolute atomic E-state index is 0.121. The van der Waals surface area contributed by atoms with Gasteiger partial charge in [0, 0.05) is 11.0 Å². The highest BCUT2D eigenvalue weighted by molar-refractivity contribution is 5.80. The third-order valence-corrected chi connectivity index (χ3v) is 3.71. The van der Waals surface area contributed by atoms with Gasteiger partial charge in [-0.3, -0.25) is 9.59 Å². The molecule has 0 atom stereocenters. The predicted octanol–water partition coefficient (Wildman–Crippen LogP) is 2.62. The van der Waals surface area contributed by atoms with Crippen LogP contribution in [0.15, 0.2) is 12.1 Å². The van der Waals surface area contributed by atoms with Crippen LogP contribution in [0.1, 0.15) is 46.3 Å². The van der Waals surface area contributed by atoms with E-state index in [-0.39, 0.29) is 11.8 Å². The summed E-state index contributed by atoms with van der Waals surface area (Å²) in [5, 5.41) is 8.95. The molecule has 1 aromatic rings. The number of carbonyl (C=O) groups is 2. The lowest BCUT2D eigenvalue weighted by atomic mass is 9.86. The van der Waals surface area contributed by atoms with Crippen LogP contribution in [0, 0.1) is 13.8 Å². The van der Waals surface area contributed by atoms with Crippen LogP contribution >= 0.6 is 0 Å². The van der Waals surface area contributed by atoms with E-state index in [0.29, 0.717) is 5.56 Å². The highest BCUT2D eigenvalue weighted by Crippen LogP contribution is 2.52. The summed E-state index contributed by atoms with van der Waals surface area (Å²) in [5.74, 6) is -0.794.